The summed E-state index contributed by atoms with van der Waals surface area (Å²) in [6.45, 7) is 3.59. The van der Waals surface area contributed by atoms with Crippen molar-refractivity contribution in [1.82, 2.24) is 10.2 Å². The minimum absolute atomic E-state index is 0. The maximum Gasteiger partial charge on any atom is 0.416 e. The first-order valence-corrected chi connectivity index (χ1v) is 9.07. The third kappa shape index (κ3) is 4.45. The average Bonchev–Trinajstić information content (AvgIpc) is 3.03. The maximum atomic E-state index is 13.1. The summed E-state index contributed by atoms with van der Waals surface area (Å²) in [4.78, 5) is 2.37. The van der Waals surface area contributed by atoms with Crippen LogP contribution in [0.2, 0.25) is 0 Å². The Morgan fingerprint density at radius 2 is 1.75 bits per heavy atom. The number of nitrogens with one attached hydrogen (secondary N) is 1. The summed E-state index contributed by atoms with van der Waals surface area (Å²) in [5.74, 6) is 0.452. The molecule has 1 heterocycles. The zero-order valence-electron chi connectivity index (χ0n) is 13.4. The molecule has 2 nitrogen and oxygen atoms in total. The highest BCUT2D eigenvalue weighted by Gasteiger charge is 2.36. The number of hydrogen-bond acceptors (Lipinski definition) is 2. The molecule has 1 aromatic rings. The molecule has 0 spiro atoms. The van der Waals surface area contributed by atoms with Gasteiger partial charge in [-0.25, -0.2) is 0 Å². The van der Waals surface area contributed by atoms with Gasteiger partial charge in [-0.15, -0.1) is 12.4 Å². The van der Waals surface area contributed by atoms with Crippen molar-refractivity contribution in [3.8, 4) is 0 Å². The van der Waals surface area contributed by atoms with Crippen LogP contribution in [0.5, 0.6) is 0 Å². The molecule has 2 aliphatic rings. The highest BCUT2D eigenvalue weighted by atomic mass is 79.9. The number of nitrogens with zero attached hydrogens (tertiary/aromatic N) is 1. The predicted octanol–water partition coefficient (Wildman–Crippen LogP) is 5.03. The average molecular weight is 428 g/mol. The van der Waals surface area contributed by atoms with Crippen LogP contribution in [-0.4, -0.2) is 31.1 Å². The van der Waals surface area contributed by atoms with E-state index in [0.717, 1.165) is 55.1 Å². The van der Waals surface area contributed by atoms with Gasteiger partial charge in [0.05, 0.1) is 5.56 Å². The Morgan fingerprint density at radius 1 is 1.12 bits per heavy atom. The minimum Gasteiger partial charge on any atom is -0.314 e. The Hall–Kier alpha value is -0.300. The molecule has 1 aromatic carbocycles. The van der Waals surface area contributed by atoms with Crippen LogP contribution in [0.4, 0.5) is 13.2 Å². The zero-order chi connectivity index (χ0) is 16.4. The van der Waals surface area contributed by atoms with Gasteiger partial charge < -0.3 is 5.32 Å². The van der Waals surface area contributed by atoms with E-state index in [1.165, 1.54) is 18.9 Å². The summed E-state index contributed by atoms with van der Waals surface area (Å²) in [7, 11) is 0. The Balaban J connectivity index is 0.00000208. The van der Waals surface area contributed by atoms with E-state index in [2.05, 4.69) is 26.1 Å². The van der Waals surface area contributed by atoms with E-state index in [1.54, 1.807) is 6.07 Å². The van der Waals surface area contributed by atoms with Crippen molar-refractivity contribution in [3.63, 3.8) is 0 Å². The van der Waals surface area contributed by atoms with Crippen LogP contribution in [0.1, 0.15) is 42.9 Å². The van der Waals surface area contributed by atoms with Gasteiger partial charge in [-0.05, 0) is 42.5 Å². The first-order valence-electron chi connectivity index (χ1n) is 8.28. The molecular weight excluding hydrogens is 405 g/mol. The van der Waals surface area contributed by atoms with Crippen molar-refractivity contribution < 1.29 is 13.2 Å². The van der Waals surface area contributed by atoms with Gasteiger partial charge >= 0.3 is 6.18 Å². The highest BCUT2D eigenvalue weighted by Crippen LogP contribution is 2.43. The van der Waals surface area contributed by atoms with Gasteiger partial charge in [0.25, 0.3) is 0 Å². The molecule has 1 N–H and O–H groups in total. The van der Waals surface area contributed by atoms with Gasteiger partial charge in [-0.2, -0.15) is 13.2 Å². The molecule has 2 fully saturated rings. The number of hydrogen-bond donors (Lipinski definition) is 1. The van der Waals surface area contributed by atoms with Crippen molar-refractivity contribution in [1.29, 1.82) is 0 Å². The van der Waals surface area contributed by atoms with E-state index in [0.29, 0.717) is 5.92 Å². The quantitative estimate of drug-likeness (QED) is 0.728. The van der Waals surface area contributed by atoms with Gasteiger partial charge in [0.1, 0.15) is 0 Å². The van der Waals surface area contributed by atoms with Crippen molar-refractivity contribution in [2.75, 3.05) is 26.2 Å². The first kappa shape index (κ1) is 20.0. The molecule has 3 rings (SSSR count). The second-order valence-corrected chi connectivity index (χ2v) is 7.36. The Bertz CT molecular complexity index is 541. The lowest BCUT2D eigenvalue weighted by atomic mass is 9.89. The number of rotatable bonds is 3. The largest absolute Gasteiger partial charge is 0.416 e. The molecule has 0 unspecified atom stereocenters. The molecule has 0 bridgehead atoms. The van der Waals surface area contributed by atoms with Gasteiger partial charge in [-0.1, -0.05) is 28.8 Å². The van der Waals surface area contributed by atoms with Crippen molar-refractivity contribution in [2.45, 2.75) is 37.9 Å². The fraction of sp³-hybridized carbons (Fsp3) is 0.647. The summed E-state index contributed by atoms with van der Waals surface area (Å²) in [5, 5.41) is 3.33. The third-order valence-corrected chi connectivity index (χ3v) is 5.76. The smallest absolute Gasteiger partial charge is 0.314 e. The lowest BCUT2D eigenvalue weighted by Crippen LogP contribution is -2.46. The number of piperazine rings is 1. The minimum atomic E-state index is -4.29. The van der Waals surface area contributed by atoms with Crippen LogP contribution in [0.15, 0.2) is 22.7 Å². The van der Waals surface area contributed by atoms with Crippen LogP contribution in [0, 0.1) is 5.92 Å². The highest BCUT2D eigenvalue weighted by molar-refractivity contribution is 9.10. The van der Waals surface area contributed by atoms with E-state index in [-0.39, 0.29) is 18.4 Å². The summed E-state index contributed by atoms with van der Waals surface area (Å²) in [5.41, 5.74) is 0.252. The Morgan fingerprint density at radius 3 is 2.33 bits per heavy atom. The molecule has 7 heteroatoms. The second kappa shape index (κ2) is 8.39. The number of benzene rings is 1. The zero-order valence-corrected chi connectivity index (χ0v) is 15.8. The predicted molar refractivity (Wildman–Crippen MR) is 95.5 cm³/mol. The van der Waals surface area contributed by atoms with E-state index >= 15 is 0 Å². The Kier molecular flexibility index (Phi) is 7.00. The van der Waals surface area contributed by atoms with Crippen molar-refractivity contribution >= 4 is 28.3 Å². The molecule has 1 aliphatic heterocycles. The molecular formula is C17H23BrClF3N2. The summed E-state index contributed by atoms with van der Waals surface area (Å²) < 4.78 is 40.2. The van der Waals surface area contributed by atoms with Crippen LogP contribution < -0.4 is 5.32 Å². The SMILES string of the molecule is Cl.FC(F)(F)c1ccc(Br)c([C@@H](C2CCCC2)N2CCNCC2)c1. The lowest BCUT2D eigenvalue weighted by Gasteiger charge is -2.39. The maximum absolute atomic E-state index is 13.1. The molecule has 1 atom stereocenters. The van der Waals surface area contributed by atoms with Gasteiger partial charge in [0.2, 0.25) is 0 Å². The van der Waals surface area contributed by atoms with Crippen LogP contribution in [-0.2, 0) is 6.18 Å². The van der Waals surface area contributed by atoms with Crippen molar-refractivity contribution in [2.24, 2.45) is 5.92 Å². The van der Waals surface area contributed by atoms with Crippen LogP contribution in [0.25, 0.3) is 0 Å². The fourth-order valence-corrected chi connectivity index (χ4v) is 4.41. The van der Waals surface area contributed by atoms with E-state index in [9.17, 15) is 13.2 Å². The fourth-order valence-electron chi connectivity index (χ4n) is 3.93. The monoisotopic (exact) mass is 426 g/mol. The lowest BCUT2D eigenvalue weighted by molar-refractivity contribution is -0.137. The molecule has 0 radical (unpaired) electrons. The number of halogens is 5. The van der Waals surface area contributed by atoms with E-state index in [1.807, 2.05) is 0 Å². The molecule has 1 aliphatic carbocycles. The normalized spacial score (nSPS) is 21.5. The van der Waals surface area contributed by atoms with Crippen LogP contribution >= 0.6 is 28.3 Å². The summed E-state index contributed by atoms with van der Waals surface area (Å²) in [6.07, 6.45) is 0.293. The third-order valence-electron chi connectivity index (χ3n) is 5.03. The van der Waals surface area contributed by atoms with Gasteiger partial charge in [0.15, 0.2) is 0 Å². The first-order chi connectivity index (χ1) is 11.0. The van der Waals surface area contributed by atoms with Gasteiger partial charge in [-0.3, -0.25) is 4.90 Å². The van der Waals surface area contributed by atoms with Gasteiger partial charge in [0, 0.05) is 36.7 Å². The standard InChI is InChI=1S/C17H22BrF3N2.ClH/c18-15-6-5-13(17(19,20)21)11-14(15)16(12-3-1-2-4-12)23-9-7-22-8-10-23;/h5-6,11-12,16,22H,1-4,7-10H2;1H/t16-;/m1./s1. The second-order valence-electron chi connectivity index (χ2n) is 6.51. The molecule has 0 aromatic heterocycles. The summed E-state index contributed by atoms with van der Waals surface area (Å²) in [6, 6.07) is 4.16. The summed E-state index contributed by atoms with van der Waals surface area (Å²) >= 11 is 3.50. The van der Waals surface area contributed by atoms with E-state index < -0.39 is 11.7 Å². The van der Waals surface area contributed by atoms with E-state index in [4.69, 9.17) is 0 Å². The molecule has 1 saturated heterocycles. The van der Waals surface area contributed by atoms with Crippen LogP contribution in [0.3, 0.4) is 0 Å². The molecule has 24 heavy (non-hydrogen) atoms. The topological polar surface area (TPSA) is 15.3 Å². The molecule has 136 valence electrons. The number of alkyl halides is 3. The molecule has 0 amide bonds. The van der Waals surface area contributed by atoms with Crippen molar-refractivity contribution in [3.05, 3.63) is 33.8 Å². The Labute approximate surface area is 155 Å². The molecule has 1 saturated carbocycles.